The number of nitrogens with one attached hydrogen (secondary N) is 2. The molecule has 5 N–H and O–H groups in total. The molecule has 1 heterocycles. The van der Waals surface area contributed by atoms with Crippen LogP contribution in [0, 0.1) is 0 Å². The highest BCUT2D eigenvalue weighted by atomic mass is 16.3. The van der Waals surface area contributed by atoms with Crippen LogP contribution in [0.3, 0.4) is 0 Å². The van der Waals surface area contributed by atoms with E-state index in [0.717, 1.165) is 0 Å². The first-order chi connectivity index (χ1) is 7.50. The van der Waals surface area contributed by atoms with Gasteiger partial charge in [0.25, 0.3) is 5.91 Å². The van der Waals surface area contributed by atoms with Crippen molar-refractivity contribution in [1.29, 1.82) is 0 Å². The minimum absolute atomic E-state index is 0.248. The van der Waals surface area contributed by atoms with Crippen LogP contribution in [0.1, 0.15) is 37.2 Å². The Morgan fingerprint density at radius 1 is 1.56 bits per heavy atom. The van der Waals surface area contributed by atoms with Crippen molar-refractivity contribution in [2.45, 2.75) is 32.3 Å². The van der Waals surface area contributed by atoms with Crippen molar-refractivity contribution in [1.82, 2.24) is 10.3 Å². The fourth-order valence-electron chi connectivity index (χ4n) is 1.38. The van der Waals surface area contributed by atoms with Gasteiger partial charge >= 0.3 is 0 Å². The molecule has 16 heavy (non-hydrogen) atoms. The zero-order chi connectivity index (χ0) is 12.2. The van der Waals surface area contributed by atoms with Crippen LogP contribution in [0.5, 0.6) is 0 Å². The molecule has 0 spiro atoms. The highest BCUT2D eigenvalue weighted by molar-refractivity contribution is 5.93. The molecule has 5 nitrogen and oxygen atoms in total. The van der Waals surface area contributed by atoms with Gasteiger partial charge in [0.15, 0.2) is 0 Å². The maximum Gasteiger partial charge on any atom is 0.267 e. The van der Waals surface area contributed by atoms with Gasteiger partial charge in [-0.25, -0.2) is 0 Å². The minimum atomic E-state index is -0.826. The number of carbonyl (C=O) groups is 1. The lowest BCUT2D eigenvalue weighted by atomic mass is 9.97. The molecule has 1 aromatic heterocycles. The topological polar surface area (TPSA) is 91.1 Å². The molecule has 90 valence electrons. The second-order valence-corrected chi connectivity index (χ2v) is 3.96. The maximum absolute atomic E-state index is 11.6. The fraction of sp³-hybridized carbons (Fsp3) is 0.545. The van der Waals surface area contributed by atoms with Crippen LogP contribution in [-0.2, 0) is 0 Å². The Hall–Kier alpha value is -1.49. The SMILES string of the molecule is CCC(O)(CC)CNC(=O)c1cc(N)c[nH]1. The third-order valence-electron chi connectivity index (χ3n) is 2.84. The fourth-order valence-corrected chi connectivity index (χ4v) is 1.38. The van der Waals surface area contributed by atoms with Crippen LogP contribution in [-0.4, -0.2) is 28.1 Å². The molecule has 0 atom stereocenters. The lowest BCUT2D eigenvalue weighted by molar-refractivity contribution is 0.0313. The van der Waals surface area contributed by atoms with Gasteiger partial charge in [-0.3, -0.25) is 4.79 Å². The Kier molecular flexibility index (Phi) is 3.95. The Morgan fingerprint density at radius 3 is 2.62 bits per heavy atom. The lowest BCUT2D eigenvalue weighted by Crippen LogP contribution is -2.42. The van der Waals surface area contributed by atoms with E-state index in [-0.39, 0.29) is 12.5 Å². The van der Waals surface area contributed by atoms with Crippen molar-refractivity contribution in [3.8, 4) is 0 Å². The van der Waals surface area contributed by atoms with E-state index in [1.165, 1.54) is 0 Å². The van der Waals surface area contributed by atoms with E-state index < -0.39 is 5.60 Å². The Bertz CT molecular complexity index is 356. The van der Waals surface area contributed by atoms with Crippen LogP contribution >= 0.6 is 0 Å². The Morgan fingerprint density at radius 2 is 2.19 bits per heavy atom. The molecule has 0 aromatic carbocycles. The van der Waals surface area contributed by atoms with Crippen LogP contribution in [0.2, 0.25) is 0 Å². The standard InChI is InChI=1S/C11H19N3O2/c1-3-11(16,4-2)7-14-10(15)9-5-8(12)6-13-9/h5-6,13,16H,3-4,7,12H2,1-2H3,(H,14,15). The van der Waals surface area contributed by atoms with Crippen LogP contribution < -0.4 is 11.1 Å². The van der Waals surface area contributed by atoms with E-state index in [1.54, 1.807) is 12.3 Å². The van der Waals surface area contributed by atoms with E-state index in [1.807, 2.05) is 13.8 Å². The summed E-state index contributed by atoms with van der Waals surface area (Å²) in [4.78, 5) is 14.4. The van der Waals surface area contributed by atoms with Gasteiger partial charge in [0, 0.05) is 18.4 Å². The predicted octanol–water partition coefficient (Wildman–Crippen LogP) is 0.878. The van der Waals surface area contributed by atoms with Crippen molar-refractivity contribution in [2.24, 2.45) is 0 Å². The summed E-state index contributed by atoms with van der Waals surface area (Å²) >= 11 is 0. The monoisotopic (exact) mass is 225 g/mol. The number of H-pyrrole nitrogens is 1. The molecule has 0 saturated heterocycles. The molecule has 0 bridgehead atoms. The number of nitrogen functional groups attached to an aromatic ring is 1. The number of nitrogens with two attached hydrogens (primary N) is 1. The second kappa shape index (κ2) is 5.03. The van der Waals surface area contributed by atoms with E-state index in [9.17, 15) is 9.90 Å². The third-order valence-corrected chi connectivity index (χ3v) is 2.84. The first-order valence-corrected chi connectivity index (χ1v) is 5.45. The number of aliphatic hydroxyl groups is 1. The molecule has 0 saturated carbocycles. The number of rotatable bonds is 5. The van der Waals surface area contributed by atoms with Gasteiger partial charge < -0.3 is 21.1 Å². The van der Waals surface area contributed by atoms with Crippen molar-refractivity contribution in [3.05, 3.63) is 18.0 Å². The van der Waals surface area contributed by atoms with Crippen LogP contribution in [0.25, 0.3) is 0 Å². The third kappa shape index (κ3) is 3.00. The van der Waals surface area contributed by atoms with Gasteiger partial charge in [-0.1, -0.05) is 13.8 Å². The van der Waals surface area contributed by atoms with Crippen molar-refractivity contribution in [3.63, 3.8) is 0 Å². The van der Waals surface area contributed by atoms with E-state index >= 15 is 0 Å². The summed E-state index contributed by atoms with van der Waals surface area (Å²) in [5.41, 5.74) is 5.59. The van der Waals surface area contributed by atoms with Crippen LogP contribution in [0.15, 0.2) is 12.3 Å². The van der Waals surface area contributed by atoms with Crippen molar-refractivity contribution >= 4 is 11.6 Å². The quantitative estimate of drug-likeness (QED) is 0.599. The van der Waals surface area contributed by atoms with Gasteiger partial charge in [-0.15, -0.1) is 0 Å². The number of amides is 1. The van der Waals surface area contributed by atoms with Gasteiger partial charge in [0.1, 0.15) is 5.69 Å². The predicted molar refractivity (Wildman–Crippen MR) is 63.1 cm³/mol. The summed E-state index contributed by atoms with van der Waals surface area (Å²) in [6.07, 6.45) is 2.77. The van der Waals surface area contributed by atoms with Gasteiger partial charge in [0.05, 0.1) is 5.60 Å². The second-order valence-electron chi connectivity index (χ2n) is 3.96. The number of aromatic nitrogens is 1. The summed E-state index contributed by atoms with van der Waals surface area (Å²) in [7, 11) is 0. The molecular formula is C11H19N3O2. The van der Waals surface area contributed by atoms with Gasteiger partial charge in [-0.2, -0.15) is 0 Å². The average Bonchev–Trinajstić information content (AvgIpc) is 2.72. The van der Waals surface area contributed by atoms with E-state index in [2.05, 4.69) is 10.3 Å². The molecule has 1 aromatic rings. The zero-order valence-electron chi connectivity index (χ0n) is 9.71. The molecule has 0 aliphatic heterocycles. The van der Waals surface area contributed by atoms with E-state index in [0.29, 0.717) is 24.2 Å². The number of carbonyl (C=O) groups excluding carboxylic acids is 1. The smallest absolute Gasteiger partial charge is 0.267 e. The molecule has 0 fully saturated rings. The highest BCUT2D eigenvalue weighted by Crippen LogP contribution is 2.13. The lowest BCUT2D eigenvalue weighted by Gasteiger charge is -2.25. The summed E-state index contributed by atoms with van der Waals surface area (Å²) in [5.74, 6) is -0.253. The molecule has 0 aliphatic rings. The van der Waals surface area contributed by atoms with Gasteiger partial charge in [0.2, 0.25) is 0 Å². The maximum atomic E-state index is 11.6. The first kappa shape index (κ1) is 12.6. The average molecular weight is 225 g/mol. The normalized spacial score (nSPS) is 11.4. The minimum Gasteiger partial charge on any atom is -0.397 e. The molecule has 5 heteroatoms. The molecule has 0 aliphatic carbocycles. The Labute approximate surface area is 95.0 Å². The molecular weight excluding hydrogens is 206 g/mol. The summed E-state index contributed by atoms with van der Waals surface area (Å²) in [5, 5.41) is 12.7. The summed E-state index contributed by atoms with van der Waals surface area (Å²) in [6, 6.07) is 1.56. The van der Waals surface area contributed by atoms with Gasteiger partial charge in [-0.05, 0) is 18.9 Å². The van der Waals surface area contributed by atoms with E-state index in [4.69, 9.17) is 5.73 Å². The van der Waals surface area contributed by atoms with Crippen molar-refractivity contribution < 1.29 is 9.90 Å². The molecule has 0 radical (unpaired) electrons. The number of aromatic amines is 1. The first-order valence-electron chi connectivity index (χ1n) is 5.45. The number of anilines is 1. The number of hydrogen-bond donors (Lipinski definition) is 4. The van der Waals surface area contributed by atoms with Crippen LogP contribution in [0.4, 0.5) is 5.69 Å². The zero-order valence-corrected chi connectivity index (χ0v) is 9.71. The highest BCUT2D eigenvalue weighted by Gasteiger charge is 2.23. The molecule has 1 amide bonds. The number of hydrogen-bond acceptors (Lipinski definition) is 3. The summed E-state index contributed by atoms with van der Waals surface area (Å²) in [6.45, 7) is 4.03. The Balaban J connectivity index is 2.53. The molecule has 0 unspecified atom stereocenters. The van der Waals surface area contributed by atoms with Crippen molar-refractivity contribution in [2.75, 3.05) is 12.3 Å². The summed E-state index contributed by atoms with van der Waals surface area (Å²) < 4.78 is 0. The largest absolute Gasteiger partial charge is 0.397 e. The molecule has 1 rings (SSSR count).